The number of aliphatic hydroxyl groups is 1. The smallest absolute Gasteiger partial charge is 0.407 e. The van der Waals surface area contributed by atoms with E-state index in [1.54, 1.807) is 20.8 Å². The molecule has 0 radical (unpaired) electrons. The van der Waals surface area contributed by atoms with Gasteiger partial charge in [0.25, 0.3) is 0 Å². The monoisotopic (exact) mass is 344 g/mol. The van der Waals surface area contributed by atoms with Crippen molar-refractivity contribution >= 4 is 23.4 Å². The molecule has 0 aromatic carbocycles. The summed E-state index contributed by atoms with van der Waals surface area (Å²) in [6.07, 6.45) is -1.27. The van der Waals surface area contributed by atoms with Gasteiger partial charge in [-0.05, 0) is 26.7 Å². The SMILES string of the molecule is CC(C)C(CC(O)c1nc(C(=O)O)cs1)NC(=O)OC(C)(C)C. The van der Waals surface area contributed by atoms with Crippen LogP contribution in [0.5, 0.6) is 0 Å². The highest BCUT2D eigenvalue weighted by molar-refractivity contribution is 7.09. The van der Waals surface area contributed by atoms with Gasteiger partial charge in [-0.2, -0.15) is 0 Å². The second-order valence-electron chi connectivity index (χ2n) is 6.62. The van der Waals surface area contributed by atoms with Crippen molar-refractivity contribution < 1.29 is 24.5 Å². The van der Waals surface area contributed by atoms with Gasteiger partial charge in [-0.25, -0.2) is 14.6 Å². The molecule has 1 aromatic heterocycles. The Kier molecular flexibility index (Phi) is 6.52. The molecule has 0 aliphatic heterocycles. The number of nitrogens with zero attached hydrogens (tertiary/aromatic N) is 1. The number of thiazole rings is 1. The van der Waals surface area contributed by atoms with Gasteiger partial charge in [-0.1, -0.05) is 13.8 Å². The van der Waals surface area contributed by atoms with E-state index in [-0.39, 0.29) is 24.1 Å². The van der Waals surface area contributed by atoms with Crippen LogP contribution in [0.1, 0.15) is 62.6 Å². The van der Waals surface area contributed by atoms with Crippen molar-refractivity contribution in [1.82, 2.24) is 10.3 Å². The third-order valence-corrected chi connectivity index (χ3v) is 3.96. The number of alkyl carbamates (subject to hydrolysis) is 1. The highest BCUT2D eigenvalue weighted by Crippen LogP contribution is 2.24. The van der Waals surface area contributed by atoms with Crippen LogP contribution in [0.25, 0.3) is 0 Å². The Morgan fingerprint density at radius 3 is 2.43 bits per heavy atom. The normalized spacial score (nSPS) is 14.4. The number of aromatic carboxylic acids is 1. The maximum absolute atomic E-state index is 11.9. The number of carbonyl (C=O) groups is 2. The molecule has 8 heteroatoms. The van der Waals surface area contributed by atoms with E-state index < -0.39 is 23.8 Å². The zero-order valence-corrected chi connectivity index (χ0v) is 14.8. The Balaban J connectivity index is 2.71. The molecule has 130 valence electrons. The zero-order valence-electron chi connectivity index (χ0n) is 14.0. The lowest BCUT2D eigenvalue weighted by atomic mass is 9.98. The van der Waals surface area contributed by atoms with Crippen molar-refractivity contribution in [3.63, 3.8) is 0 Å². The summed E-state index contributed by atoms with van der Waals surface area (Å²) in [5.41, 5.74) is -0.694. The van der Waals surface area contributed by atoms with Gasteiger partial charge in [-0.3, -0.25) is 0 Å². The fraction of sp³-hybridized carbons (Fsp3) is 0.667. The van der Waals surface area contributed by atoms with Gasteiger partial charge in [0.05, 0.1) is 0 Å². The van der Waals surface area contributed by atoms with Crippen LogP contribution in [0, 0.1) is 5.92 Å². The summed E-state index contributed by atoms with van der Waals surface area (Å²) in [7, 11) is 0. The summed E-state index contributed by atoms with van der Waals surface area (Å²) in [6.45, 7) is 9.15. The van der Waals surface area contributed by atoms with Crippen LogP contribution < -0.4 is 5.32 Å². The molecule has 2 unspecified atom stereocenters. The summed E-state index contributed by atoms with van der Waals surface area (Å²) < 4.78 is 5.22. The number of hydrogen-bond donors (Lipinski definition) is 3. The van der Waals surface area contributed by atoms with Crippen LogP contribution in [-0.4, -0.2) is 38.9 Å². The molecule has 23 heavy (non-hydrogen) atoms. The minimum atomic E-state index is -1.13. The Hall–Kier alpha value is -1.67. The van der Waals surface area contributed by atoms with E-state index in [1.807, 2.05) is 13.8 Å². The highest BCUT2D eigenvalue weighted by Gasteiger charge is 2.25. The van der Waals surface area contributed by atoms with Crippen LogP contribution in [0.4, 0.5) is 4.79 Å². The number of nitrogens with one attached hydrogen (secondary N) is 1. The Labute approximate surface area is 139 Å². The highest BCUT2D eigenvalue weighted by atomic mass is 32.1. The van der Waals surface area contributed by atoms with Crippen LogP contribution in [0.15, 0.2) is 5.38 Å². The minimum Gasteiger partial charge on any atom is -0.476 e. The van der Waals surface area contributed by atoms with E-state index in [0.29, 0.717) is 5.01 Å². The molecule has 1 aromatic rings. The number of carboxylic acid groups (broad SMARTS) is 1. The number of rotatable bonds is 6. The first-order valence-electron chi connectivity index (χ1n) is 7.36. The Morgan fingerprint density at radius 2 is 2.00 bits per heavy atom. The van der Waals surface area contributed by atoms with Crippen molar-refractivity contribution in [1.29, 1.82) is 0 Å². The fourth-order valence-corrected chi connectivity index (χ4v) is 2.63. The second kappa shape index (κ2) is 7.74. The largest absolute Gasteiger partial charge is 0.476 e. The predicted molar refractivity (Wildman–Crippen MR) is 86.6 cm³/mol. The number of amides is 1. The van der Waals surface area contributed by atoms with Crippen LogP contribution in [-0.2, 0) is 4.74 Å². The molecule has 2 atom stereocenters. The van der Waals surface area contributed by atoms with Gasteiger partial charge < -0.3 is 20.3 Å². The molecule has 0 saturated carbocycles. The average molecular weight is 344 g/mol. The predicted octanol–water partition coefficient (Wildman–Crippen LogP) is 2.81. The van der Waals surface area contributed by atoms with Gasteiger partial charge >= 0.3 is 12.1 Å². The quantitative estimate of drug-likeness (QED) is 0.732. The van der Waals surface area contributed by atoms with E-state index >= 15 is 0 Å². The van der Waals surface area contributed by atoms with Crippen molar-refractivity contribution in [2.24, 2.45) is 5.92 Å². The molecule has 3 N–H and O–H groups in total. The van der Waals surface area contributed by atoms with Crippen LogP contribution >= 0.6 is 11.3 Å². The van der Waals surface area contributed by atoms with Gasteiger partial charge in [0.15, 0.2) is 5.69 Å². The first-order chi connectivity index (χ1) is 10.5. The lowest BCUT2D eigenvalue weighted by Crippen LogP contribution is -2.42. The van der Waals surface area contributed by atoms with Gasteiger partial charge in [-0.15, -0.1) is 11.3 Å². The first-order valence-corrected chi connectivity index (χ1v) is 8.24. The second-order valence-corrected chi connectivity index (χ2v) is 7.51. The number of hydrogen-bond acceptors (Lipinski definition) is 6. The minimum absolute atomic E-state index is 0.0658. The number of aromatic nitrogens is 1. The van der Waals surface area contributed by atoms with Crippen molar-refractivity contribution in [3.8, 4) is 0 Å². The van der Waals surface area contributed by atoms with E-state index in [0.717, 1.165) is 11.3 Å². The van der Waals surface area contributed by atoms with Crippen LogP contribution in [0.2, 0.25) is 0 Å². The van der Waals surface area contributed by atoms with Gasteiger partial charge in [0, 0.05) is 17.8 Å². The number of carbonyl (C=O) groups excluding carboxylic acids is 1. The Bertz CT molecular complexity index is 550. The maximum atomic E-state index is 11.9. The van der Waals surface area contributed by atoms with E-state index in [4.69, 9.17) is 9.84 Å². The molecule has 0 fully saturated rings. The molecule has 1 amide bonds. The molecule has 0 bridgehead atoms. The topological polar surface area (TPSA) is 109 Å². The maximum Gasteiger partial charge on any atom is 0.407 e. The zero-order chi connectivity index (χ0) is 17.8. The number of carboxylic acids is 1. The average Bonchev–Trinajstić information content (AvgIpc) is 2.85. The number of aliphatic hydroxyl groups excluding tert-OH is 1. The molecule has 7 nitrogen and oxygen atoms in total. The summed E-state index contributed by atoms with van der Waals surface area (Å²) in [6, 6.07) is -0.322. The summed E-state index contributed by atoms with van der Waals surface area (Å²) in [5, 5.41) is 23.6. The standard InChI is InChI=1S/C15H24N2O5S/c1-8(2)9(17-14(21)22-15(3,4)5)6-11(18)12-16-10(7-23-12)13(19)20/h7-9,11,18H,6H2,1-5H3,(H,17,21)(H,19,20). The lowest BCUT2D eigenvalue weighted by Gasteiger charge is -2.26. The molecule has 0 spiro atoms. The van der Waals surface area contributed by atoms with E-state index in [2.05, 4.69) is 10.3 Å². The van der Waals surface area contributed by atoms with Crippen molar-refractivity contribution in [2.75, 3.05) is 0 Å². The molecule has 1 rings (SSSR count). The fourth-order valence-electron chi connectivity index (χ4n) is 1.84. The third-order valence-electron chi connectivity index (χ3n) is 3.01. The number of ether oxygens (including phenoxy) is 1. The molecule has 0 aliphatic rings. The van der Waals surface area contributed by atoms with Crippen molar-refractivity contribution in [2.45, 2.75) is 58.8 Å². The van der Waals surface area contributed by atoms with E-state index in [9.17, 15) is 14.7 Å². The first kappa shape index (κ1) is 19.4. The molecule has 0 aliphatic carbocycles. The lowest BCUT2D eigenvalue weighted by molar-refractivity contribution is 0.0461. The third kappa shape index (κ3) is 6.54. The summed E-state index contributed by atoms with van der Waals surface area (Å²) in [4.78, 5) is 26.6. The van der Waals surface area contributed by atoms with Crippen molar-refractivity contribution in [3.05, 3.63) is 16.1 Å². The molecule has 0 saturated heterocycles. The Morgan fingerprint density at radius 1 is 1.39 bits per heavy atom. The summed E-state index contributed by atoms with van der Waals surface area (Å²) >= 11 is 1.08. The molecular weight excluding hydrogens is 320 g/mol. The van der Waals surface area contributed by atoms with Gasteiger partial charge in [0.1, 0.15) is 16.7 Å². The van der Waals surface area contributed by atoms with Gasteiger partial charge in [0.2, 0.25) is 0 Å². The van der Waals surface area contributed by atoms with E-state index in [1.165, 1.54) is 5.38 Å². The van der Waals surface area contributed by atoms with Crippen LogP contribution in [0.3, 0.4) is 0 Å². The molecule has 1 heterocycles. The summed E-state index contributed by atoms with van der Waals surface area (Å²) in [5.74, 6) is -1.07. The molecular formula is C15H24N2O5S.